The van der Waals surface area contributed by atoms with Crippen molar-refractivity contribution >= 4 is 13.5 Å². The van der Waals surface area contributed by atoms with Crippen LogP contribution in [0.15, 0.2) is 30.3 Å². The fourth-order valence-corrected chi connectivity index (χ4v) is 3.11. The molecule has 1 N–H and O–H groups in total. The highest BCUT2D eigenvalue weighted by molar-refractivity contribution is 7.54. The minimum absolute atomic E-state index is 0.246. The van der Waals surface area contributed by atoms with Gasteiger partial charge >= 0.3 is 7.60 Å². The molecule has 0 amide bonds. The Labute approximate surface area is 116 Å². The molecule has 2 aromatic rings. The van der Waals surface area contributed by atoms with Crippen LogP contribution in [-0.2, 0) is 20.7 Å². The van der Waals surface area contributed by atoms with E-state index in [9.17, 15) is 4.57 Å². The summed E-state index contributed by atoms with van der Waals surface area (Å²) in [5, 5.41) is 14.5. The van der Waals surface area contributed by atoms with Gasteiger partial charge in [0.15, 0.2) is 5.78 Å². The third kappa shape index (κ3) is 3.04. The first-order chi connectivity index (χ1) is 9.59. The van der Waals surface area contributed by atoms with E-state index in [4.69, 9.17) is 9.05 Å². The van der Waals surface area contributed by atoms with E-state index in [-0.39, 0.29) is 5.95 Å². The van der Waals surface area contributed by atoms with Crippen molar-refractivity contribution in [3.63, 3.8) is 0 Å². The number of tetrazole rings is 1. The molecule has 0 fully saturated rings. The van der Waals surface area contributed by atoms with Crippen molar-refractivity contribution in [2.45, 2.75) is 5.78 Å². The minimum atomic E-state index is -3.40. The van der Waals surface area contributed by atoms with Gasteiger partial charge in [0.2, 0.25) is 0 Å². The van der Waals surface area contributed by atoms with Gasteiger partial charge in [0, 0.05) is 14.2 Å². The number of hydrogen-bond donors (Lipinski definition) is 1. The Kier molecular flexibility index (Phi) is 4.49. The Balaban J connectivity index is 2.37. The first kappa shape index (κ1) is 14.6. The molecule has 9 heteroatoms. The Bertz CT molecular complexity index is 595. The molecule has 8 nitrogen and oxygen atoms in total. The number of rotatable bonds is 6. The SMILES string of the molecule is COP(=O)(OC)[C@@H](Nc1nnn(C)n1)c1ccccc1. The molecule has 20 heavy (non-hydrogen) atoms. The van der Waals surface area contributed by atoms with E-state index in [1.54, 1.807) is 7.05 Å². The zero-order chi connectivity index (χ0) is 14.6. The summed E-state index contributed by atoms with van der Waals surface area (Å²) >= 11 is 0. The Morgan fingerprint density at radius 2 is 1.90 bits per heavy atom. The third-order valence-electron chi connectivity index (χ3n) is 2.71. The van der Waals surface area contributed by atoms with Gasteiger partial charge in [-0.25, -0.2) is 0 Å². The molecule has 0 spiro atoms. The highest BCUT2D eigenvalue weighted by atomic mass is 31.2. The smallest absolute Gasteiger partial charge is 0.334 e. The highest BCUT2D eigenvalue weighted by Gasteiger charge is 2.36. The summed E-state index contributed by atoms with van der Waals surface area (Å²) in [4.78, 5) is 1.30. The standard InChI is InChI=1S/C11H16N5O3P/c1-16-14-11(13-15-16)12-10(20(17,18-2)19-3)9-7-5-4-6-8-9/h4-8,10H,1-3H3,(H,12,14)/t10-/m1/s1. The quantitative estimate of drug-likeness (QED) is 0.813. The molecular weight excluding hydrogens is 281 g/mol. The van der Waals surface area contributed by atoms with E-state index in [1.807, 2.05) is 30.3 Å². The summed E-state index contributed by atoms with van der Waals surface area (Å²) in [5.41, 5.74) is 0.743. The molecular formula is C11H16N5O3P. The number of aryl methyl sites for hydroxylation is 1. The van der Waals surface area contributed by atoms with Crippen LogP contribution in [0, 0.1) is 0 Å². The van der Waals surface area contributed by atoms with Crippen molar-refractivity contribution in [2.24, 2.45) is 7.05 Å². The summed E-state index contributed by atoms with van der Waals surface area (Å²) in [7, 11) is 0.922. The predicted molar refractivity (Wildman–Crippen MR) is 73.2 cm³/mol. The van der Waals surface area contributed by atoms with Crippen LogP contribution in [-0.4, -0.2) is 34.4 Å². The maximum Gasteiger partial charge on any atom is 0.356 e. The monoisotopic (exact) mass is 297 g/mol. The first-order valence-corrected chi connectivity index (χ1v) is 7.47. The second kappa shape index (κ2) is 6.13. The lowest BCUT2D eigenvalue weighted by atomic mass is 10.2. The first-order valence-electron chi connectivity index (χ1n) is 5.85. The van der Waals surface area contributed by atoms with Crippen LogP contribution in [0.5, 0.6) is 0 Å². The normalized spacial score (nSPS) is 13.2. The van der Waals surface area contributed by atoms with Crippen molar-refractivity contribution in [3.05, 3.63) is 35.9 Å². The van der Waals surface area contributed by atoms with Gasteiger partial charge in [0.25, 0.3) is 5.95 Å². The van der Waals surface area contributed by atoms with Gasteiger partial charge in [-0.05, 0) is 10.8 Å². The third-order valence-corrected chi connectivity index (χ3v) is 4.79. The van der Waals surface area contributed by atoms with Gasteiger partial charge in [0.1, 0.15) is 0 Å². The Morgan fingerprint density at radius 1 is 1.25 bits per heavy atom. The molecule has 0 aliphatic rings. The number of benzene rings is 1. The van der Waals surface area contributed by atoms with E-state index in [0.29, 0.717) is 0 Å². The lowest BCUT2D eigenvalue weighted by Crippen LogP contribution is -2.14. The van der Waals surface area contributed by atoms with E-state index in [1.165, 1.54) is 19.0 Å². The van der Waals surface area contributed by atoms with Crippen molar-refractivity contribution in [3.8, 4) is 0 Å². The second-order valence-electron chi connectivity index (χ2n) is 3.97. The topological polar surface area (TPSA) is 91.2 Å². The molecule has 0 unspecified atom stereocenters. The summed E-state index contributed by atoms with van der Waals surface area (Å²) in [6.07, 6.45) is 0. The summed E-state index contributed by atoms with van der Waals surface area (Å²) < 4.78 is 22.8. The van der Waals surface area contributed by atoms with Crippen molar-refractivity contribution in [1.82, 2.24) is 20.2 Å². The number of nitrogens with one attached hydrogen (secondary N) is 1. The molecule has 2 rings (SSSR count). The van der Waals surface area contributed by atoms with Gasteiger partial charge in [-0.2, -0.15) is 4.80 Å². The van der Waals surface area contributed by atoms with Crippen molar-refractivity contribution < 1.29 is 13.6 Å². The van der Waals surface area contributed by atoms with Crippen LogP contribution in [0.1, 0.15) is 11.3 Å². The summed E-state index contributed by atoms with van der Waals surface area (Å²) in [6.45, 7) is 0. The van der Waals surface area contributed by atoms with Crippen LogP contribution < -0.4 is 5.32 Å². The fourth-order valence-electron chi connectivity index (χ4n) is 1.73. The second-order valence-corrected chi connectivity index (χ2v) is 6.29. The van der Waals surface area contributed by atoms with Gasteiger partial charge in [-0.1, -0.05) is 35.4 Å². The van der Waals surface area contributed by atoms with Gasteiger partial charge in [-0.15, -0.1) is 5.10 Å². The molecule has 1 aromatic carbocycles. The molecule has 0 aliphatic carbocycles. The van der Waals surface area contributed by atoms with Crippen LogP contribution in [0.25, 0.3) is 0 Å². The Morgan fingerprint density at radius 3 is 2.40 bits per heavy atom. The number of aromatic nitrogens is 4. The maximum absolute atomic E-state index is 12.7. The molecule has 0 radical (unpaired) electrons. The molecule has 108 valence electrons. The molecule has 0 saturated heterocycles. The van der Waals surface area contributed by atoms with E-state index >= 15 is 0 Å². The predicted octanol–water partition coefficient (Wildman–Crippen LogP) is 1.81. The summed E-state index contributed by atoms with van der Waals surface area (Å²) in [5.74, 6) is -0.474. The Hall–Kier alpha value is -1.76. The van der Waals surface area contributed by atoms with E-state index in [0.717, 1.165) is 5.56 Å². The van der Waals surface area contributed by atoms with Crippen molar-refractivity contribution in [1.29, 1.82) is 0 Å². The number of hydrogen-bond acceptors (Lipinski definition) is 7. The van der Waals surface area contributed by atoms with Crippen LogP contribution >= 0.6 is 7.60 Å². The summed E-state index contributed by atoms with van der Waals surface area (Å²) in [6, 6.07) is 9.18. The molecule has 0 bridgehead atoms. The van der Waals surface area contributed by atoms with Gasteiger partial charge < -0.3 is 14.4 Å². The lowest BCUT2D eigenvalue weighted by Gasteiger charge is -2.24. The number of anilines is 1. The number of nitrogens with zero attached hydrogens (tertiary/aromatic N) is 4. The zero-order valence-electron chi connectivity index (χ0n) is 11.4. The lowest BCUT2D eigenvalue weighted by molar-refractivity contribution is 0.268. The molecule has 0 aliphatic heterocycles. The van der Waals surface area contributed by atoms with E-state index in [2.05, 4.69) is 20.7 Å². The molecule has 1 atom stereocenters. The van der Waals surface area contributed by atoms with E-state index < -0.39 is 13.4 Å². The molecule has 1 aromatic heterocycles. The zero-order valence-corrected chi connectivity index (χ0v) is 12.3. The minimum Gasteiger partial charge on any atom is -0.334 e. The van der Waals surface area contributed by atoms with Crippen LogP contribution in [0.3, 0.4) is 0 Å². The fraction of sp³-hybridized carbons (Fsp3) is 0.364. The maximum atomic E-state index is 12.7. The molecule has 0 saturated carbocycles. The van der Waals surface area contributed by atoms with Gasteiger partial charge in [-0.3, -0.25) is 4.57 Å². The average molecular weight is 297 g/mol. The van der Waals surface area contributed by atoms with Crippen LogP contribution in [0.4, 0.5) is 5.95 Å². The largest absolute Gasteiger partial charge is 0.356 e. The van der Waals surface area contributed by atoms with Crippen LogP contribution in [0.2, 0.25) is 0 Å². The van der Waals surface area contributed by atoms with Gasteiger partial charge in [0.05, 0.1) is 7.05 Å². The van der Waals surface area contributed by atoms with Crippen molar-refractivity contribution in [2.75, 3.05) is 19.5 Å². The highest BCUT2D eigenvalue weighted by Crippen LogP contribution is 2.59. The molecule has 1 heterocycles. The average Bonchev–Trinajstić information content (AvgIpc) is 2.90.